The summed E-state index contributed by atoms with van der Waals surface area (Å²) in [5.41, 5.74) is 1.68. The molecule has 0 aliphatic heterocycles. The third-order valence-electron chi connectivity index (χ3n) is 2.41. The van der Waals surface area contributed by atoms with E-state index in [-0.39, 0.29) is 0 Å². The van der Waals surface area contributed by atoms with E-state index >= 15 is 0 Å². The summed E-state index contributed by atoms with van der Waals surface area (Å²) in [5.74, 6) is 0.587. The van der Waals surface area contributed by atoms with Crippen LogP contribution in [0.3, 0.4) is 0 Å². The van der Waals surface area contributed by atoms with Gasteiger partial charge in [-0.05, 0) is 25.5 Å². The number of hydrogen-bond acceptors (Lipinski definition) is 4. The van der Waals surface area contributed by atoms with Gasteiger partial charge in [0.15, 0.2) is 0 Å². The zero-order valence-corrected chi connectivity index (χ0v) is 11.5. The molecular weight excluding hydrogens is 280 g/mol. The molecule has 17 heavy (non-hydrogen) atoms. The lowest BCUT2D eigenvalue weighted by Crippen LogP contribution is -2.20. The van der Waals surface area contributed by atoms with Crippen molar-refractivity contribution in [3.05, 3.63) is 24.3 Å². The lowest BCUT2D eigenvalue weighted by atomic mass is 10.2. The molecule has 5 heteroatoms. The summed E-state index contributed by atoms with van der Waals surface area (Å²) < 4.78 is 0. The van der Waals surface area contributed by atoms with Gasteiger partial charge in [0.25, 0.3) is 0 Å². The van der Waals surface area contributed by atoms with Gasteiger partial charge in [0.1, 0.15) is 5.52 Å². The van der Waals surface area contributed by atoms with Gasteiger partial charge in [-0.1, -0.05) is 35.0 Å². The molecule has 1 heterocycles. The summed E-state index contributed by atoms with van der Waals surface area (Å²) in [7, 11) is 0. The van der Waals surface area contributed by atoms with Crippen LogP contribution in [0.4, 0.5) is 5.95 Å². The Bertz CT molecular complexity index is 501. The van der Waals surface area contributed by atoms with Crippen molar-refractivity contribution in [2.45, 2.75) is 31.1 Å². The molecule has 0 radical (unpaired) electrons. The van der Waals surface area contributed by atoms with Crippen molar-refractivity contribution < 1.29 is 0 Å². The van der Waals surface area contributed by atoms with Crippen LogP contribution in [0.25, 0.3) is 11.0 Å². The lowest BCUT2D eigenvalue weighted by molar-refractivity contribution is 0.699. The van der Waals surface area contributed by atoms with Crippen LogP contribution < -0.4 is 5.32 Å². The van der Waals surface area contributed by atoms with Gasteiger partial charge in [0.05, 0.1) is 5.52 Å². The second kappa shape index (κ2) is 5.40. The van der Waals surface area contributed by atoms with Gasteiger partial charge in [-0.25, -0.2) is 4.98 Å². The third-order valence-corrected chi connectivity index (χ3v) is 2.79. The van der Waals surface area contributed by atoms with Crippen LogP contribution in [0.15, 0.2) is 24.3 Å². The Morgan fingerprint density at radius 3 is 2.59 bits per heavy atom. The normalized spacial score (nSPS) is 14.5. The molecule has 0 spiro atoms. The average molecular weight is 295 g/mol. The highest BCUT2D eigenvalue weighted by molar-refractivity contribution is 9.09. The van der Waals surface area contributed by atoms with Crippen LogP contribution >= 0.6 is 15.9 Å². The Morgan fingerprint density at radius 1 is 1.18 bits per heavy atom. The number of nitrogens with one attached hydrogen (secondary N) is 1. The Kier molecular flexibility index (Phi) is 3.89. The molecule has 0 amide bonds. The maximum atomic E-state index is 4.42. The zero-order valence-electron chi connectivity index (χ0n) is 9.89. The Balaban J connectivity index is 2.14. The van der Waals surface area contributed by atoms with Crippen LogP contribution in [0.5, 0.6) is 0 Å². The number of nitrogens with zero attached hydrogens (tertiary/aromatic N) is 3. The number of benzene rings is 1. The molecule has 0 fully saturated rings. The summed E-state index contributed by atoms with van der Waals surface area (Å²) >= 11 is 3.53. The van der Waals surface area contributed by atoms with E-state index in [0.29, 0.717) is 16.8 Å². The van der Waals surface area contributed by atoms with Gasteiger partial charge in [-0.3, -0.25) is 0 Å². The molecule has 2 rings (SSSR count). The molecule has 2 atom stereocenters. The van der Waals surface area contributed by atoms with Crippen molar-refractivity contribution in [3.63, 3.8) is 0 Å². The van der Waals surface area contributed by atoms with Crippen molar-refractivity contribution >= 4 is 32.9 Å². The topological polar surface area (TPSA) is 50.7 Å². The monoisotopic (exact) mass is 294 g/mol. The average Bonchev–Trinajstić information content (AvgIpc) is 2.27. The summed E-state index contributed by atoms with van der Waals surface area (Å²) in [6.07, 6.45) is 1.01. The number of fused-ring (bicyclic) bond motifs is 1. The van der Waals surface area contributed by atoms with Gasteiger partial charge in [-0.2, -0.15) is 0 Å². The van der Waals surface area contributed by atoms with E-state index in [4.69, 9.17) is 0 Å². The predicted molar refractivity (Wildman–Crippen MR) is 73.4 cm³/mol. The highest BCUT2D eigenvalue weighted by Crippen LogP contribution is 2.12. The van der Waals surface area contributed by atoms with Crippen LogP contribution in [0, 0.1) is 0 Å². The number of aromatic nitrogens is 3. The largest absolute Gasteiger partial charge is 0.350 e. The van der Waals surface area contributed by atoms with E-state index in [2.05, 4.69) is 50.3 Å². The molecule has 4 nitrogen and oxygen atoms in total. The van der Waals surface area contributed by atoms with Gasteiger partial charge < -0.3 is 5.32 Å². The SMILES string of the molecule is CC(Br)CC(C)Nc1nnc2ccccc2n1. The molecule has 90 valence electrons. The second-order valence-corrected chi connectivity index (χ2v) is 5.75. The first-order valence-corrected chi connectivity index (χ1v) is 6.57. The summed E-state index contributed by atoms with van der Waals surface area (Å²) in [6, 6.07) is 8.04. The van der Waals surface area contributed by atoms with Gasteiger partial charge in [0.2, 0.25) is 5.95 Å². The summed E-state index contributed by atoms with van der Waals surface area (Å²) in [4.78, 5) is 4.89. The van der Waals surface area contributed by atoms with Gasteiger partial charge in [-0.15, -0.1) is 10.2 Å². The first kappa shape index (κ1) is 12.2. The molecular formula is C12H15BrN4. The van der Waals surface area contributed by atoms with E-state index in [1.165, 1.54) is 0 Å². The Labute approximate surface area is 109 Å². The smallest absolute Gasteiger partial charge is 0.243 e. The van der Waals surface area contributed by atoms with Crippen molar-refractivity contribution in [2.24, 2.45) is 0 Å². The number of rotatable bonds is 4. The predicted octanol–water partition coefficient (Wildman–Crippen LogP) is 3.00. The molecule has 1 aromatic heterocycles. The van der Waals surface area contributed by atoms with E-state index < -0.39 is 0 Å². The van der Waals surface area contributed by atoms with Gasteiger partial charge >= 0.3 is 0 Å². The van der Waals surface area contributed by atoms with Crippen LogP contribution in [0.1, 0.15) is 20.3 Å². The summed E-state index contributed by atoms with van der Waals surface area (Å²) in [6.45, 7) is 4.23. The molecule has 2 aromatic rings. The third kappa shape index (κ3) is 3.36. The van der Waals surface area contributed by atoms with Gasteiger partial charge in [0, 0.05) is 10.9 Å². The molecule has 2 unspecified atom stereocenters. The van der Waals surface area contributed by atoms with Crippen molar-refractivity contribution in [3.8, 4) is 0 Å². The van der Waals surface area contributed by atoms with Crippen molar-refractivity contribution in [1.82, 2.24) is 15.2 Å². The lowest BCUT2D eigenvalue weighted by Gasteiger charge is -2.14. The highest BCUT2D eigenvalue weighted by atomic mass is 79.9. The fraction of sp³-hybridized carbons (Fsp3) is 0.417. The van der Waals surface area contributed by atoms with E-state index in [9.17, 15) is 0 Å². The molecule has 0 aliphatic carbocycles. The van der Waals surface area contributed by atoms with E-state index in [1.807, 2.05) is 24.3 Å². The second-order valence-electron chi connectivity index (χ2n) is 4.19. The molecule has 0 aliphatic rings. The van der Waals surface area contributed by atoms with Crippen molar-refractivity contribution in [2.75, 3.05) is 5.32 Å². The molecule has 1 N–H and O–H groups in total. The number of para-hydroxylation sites is 1. The minimum Gasteiger partial charge on any atom is -0.350 e. The fourth-order valence-corrected chi connectivity index (χ4v) is 2.27. The maximum absolute atomic E-state index is 4.42. The van der Waals surface area contributed by atoms with E-state index in [1.54, 1.807) is 0 Å². The van der Waals surface area contributed by atoms with E-state index in [0.717, 1.165) is 17.5 Å². The molecule has 0 saturated carbocycles. The first-order valence-electron chi connectivity index (χ1n) is 5.65. The highest BCUT2D eigenvalue weighted by Gasteiger charge is 2.08. The Hall–Kier alpha value is -1.23. The minimum absolute atomic E-state index is 0.312. The van der Waals surface area contributed by atoms with Crippen LogP contribution in [0.2, 0.25) is 0 Å². The standard InChI is InChI=1S/C12H15BrN4/c1-8(13)7-9(2)14-12-15-10-5-3-4-6-11(10)16-17-12/h3-6,8-9H,7H2,1-2H3,(H,14,15,17). The van der Waals surface area contributed by atoms with Crippen molar-refractivity contribution in [1.29, 1.82) is 0 Å². The molecule has 1 aromatic carbocycles. The quantitative estimate of drug-likeness (QED) is 0.881. The van der Waals surface area contributed by atoms with Crippen LogP contribution in [-0.4, -0.2) is 26.1 Å². The maximum Gasteiger partial charge on any atom is 0.243 e. The number of alkyl halides is 1. The minimum atomic E-state index is 0.312. The van der Waals surface area contributed by atoms with Crippen LogP contribution in [-0.2, 0) is 0 Å². The number of hydrogen-bond donors (Lipinski definition) is 1. The number of halogens is 1. The Morgan fingerprint density at radius 2 is 1.88 bits per heavy atom. The zero-order chi connectivity index (χ0) is 12.3. The number of anilines is 1. The summed E-state index contributed by atoms with van der Waals surface area (Å²) in [5, 5.41) is 11.4. The molecule has 0 bridgehead atoms. The first-order chi connectivity index (χ1) is 8.15. The fourth-order valence-electron chi connectivity index (χ4n) is 1.71. The molecule has 0 saturated heterocycles.